The predicted octanol–water partition coefficient (Wildman–Crippen LogP) is 1.98. The van der Waals surface area contributed by atoms with E-state index >= 15 is 0 Å². The van der Waals surface area contributed by atoms with Gasteiger partial charge in [-0.25, -0.2) is 4.98 Å². The van der Waals surface area contributed by atoms with Crippen LogP contribution in [0.4, 0.5) is 11.5 Å². The molecule has 0 aliphatic heterocycles. The van der Waals surface area contributed by atoms with Crippen LogP contribution in [0.15, 0.2) is 18.3 Å². The van der Waals surface area contributed by atoms with E-state index in [1.165, 1.54) is 18.3 Å². The first kappa shape index (κ1) is 12.9. The van der Waals surface area contributed by atoms with Gasteiger partial charge in [0.25, 0.3) is 0 Å². The van der Waals surface area contributed by atoms with E-state index in [-0.39, 0.29) is 11.6 Å². The van der Waals surface area contributed by atoms with Crippen LogP contribution in [0, 0.1) is 27.4 Å². The largest absolute Gasteiger partial charge is 0.350 e. The van der Waals surface area contributed by atoms with Gasteiger partial charge in [0.15, 0.2) is 0 Å². The number of nitrogens with zero attached hydrogens (tertiary/aromatic N) is 4. The third kappa shape index (κ3) is 3.14. The zero-order chi connectivity index (χ0) is 12.8. The summed E-state index contributed by atoms with van der Waals surface area (Å²) in [6, 6.07) is 5.06. The number of hydrogen-bond donors (Lipinski definition) is 0. The molecule has 0 spiro atoms. The molecule has 6 nitrogen and oxygen atoms in total. The lowest BCUT2D eigenvalue weighted by Crippen LogP contribution is -2.29. The zero-order valence-electron chi connectivity index (χ0n) is 9.83. The molecule has 1 aromatic rings. The second-order valence-corrected chi connectivity index (χ2v) is 3.67. The first-order valence-corrected chi connectivity index (χ1v) is 5.34. The Kier molecular flexibility index (Phi) is 4.40. The number of aromatic nitrogens is 1. The predicted molar refractivity (Wildman–Crippen MR) is 63.6 cm³/mol. The molecule has 1 aromatic heterocycles. The maximum atomic E-state index is 10.9. The summed E-state index contributed by atoms with van der Waals surface area (Å²) in [5, 5.41) is 19.6. The van der Waals surface area contributed by atoms with E-state index in [0.29, 0.717) is 18.9 Å². The van der Waals surface area contributed by atoms with Crippen LogP contribution in [0.5, 0.6) is 0 Å². The maximum absolute atomic E-state index is 10.9. The van der Waals surface area contributed by atoms with E-state index < -0.39 is 4.92 Å². The number of rotatable bonds is 5. The molecular formula is C11H14N4O2. The van der Waals surface area contributed by atoms with Gasteiger partial charge in [0, 0.05) is 25.4 Å². The molecule has 1 rings (SSSR count). The average Bonchev–Trinajstić information content (AvgIpc) is 2.35. The smallest absolute Gasteiger partial charge is 0.311 e. The molecule has 0 saturated heterocycles. The fourth-order valence-corrected chi connectivity index (χ4v) is 1.51. The molecule has 0 aliphatic rings. The van der Waals surface area contributed by atoms with E-state index in [1.807, 2.05) is 6.92 Å². The SMILES string of the molecule is CCN(CC(C)C#N)c1ncccc1[N+](=O)[O-]. The van der Waals surface area contributed by atoms with E-state index in [1.54, 1.807) is 11.8 Å². The van der Waals surface area contributed by atoms with Gasteiger partial charge in [-0.3, -0.25) is 10.1 Å². The van der Waals surface area contributed by atoms with Crippen LogP contribution in [0.2, 0.25) is 0 Å². The number of pyridine rings is 1. The molecule has 90 valence electrons. The Morgan fingerprint density at radius 2 is 2.41 bits per heavy atom. The van der Waals surface area contributed by atoms with Crippen molar-refractivity contribution in [2.45, 2.75) is 13.8 Å². The first-order chi connectivity index (χ1) is 8.10. The average molecular weight is 234 g/mol. The Balaban J connectivity index is 3.04. The van der Waals surface area contributed by atoms with Crippen molar-refractivity contribution in [3.8, 4) is 6.07 Å². The van der Waals surface area contributed by atoms with Crippen molar-refractivity contribution in [1.82, 2.24) is 4.98 Å². The third-order valence-corrected chi connectivity index (χ3v) is 2.36. The highest BCUT2D eigenvalue weighted by Gasteiger charge is 2.20. The molecule has 17 heavy (non-hydrogen) atoms. The van der Waals surface area contributed by atoms with Crippen LogP contribution in [-0.4, -0.2) is 23.0 Å². The van der Waals surface area contributed by atoms with Crippen molar-refractivity contribution in [3.63, 3.8) is 0 Å². The quantitative estimate of drug-likeness (QED) is 0.574. The molecule has 1 atom stereocenters. The Morgan fingerprint density at radius 1 is 1.71 bits per heavy atom. The van der Waals surface area contributed by atoms with Gasteiger partial charge in [0.1, 0.15) is 0 Å². The lowest BCUT2D eigenvalue weighted by atomic mass is 10.2. The summed E-state index contributed by atoms with van der Waals surface area (Å²) in [5.74, 6) is 0.124. The van der Waals surface area contributed by atoms with Crippen LogP contribution < -0.4 is 4.90 Å². The minimum absolute atomic E-state index is 0.0283. The summed E-state index contributed by atoms with van der Waals surface area (Å²) in [6.07, 6.45) is 1.52. The minimum Gasteiger partial charge on any atom is -0.350 e. The van der Waals surface area contributed by atoms with E-state index in [9.17, 15) is 10.1 Å². The van der Waals surface area contributed by atoms with Crippen molar-refractivity contribution in [1.29, 1.82) is 5.26 Å². The van der Waals surface area contributed by atoms with Gasteiger partial charge in [-0.2, -0.15) is 5.26 Å². The van der Waals surface area contributed by atoms with E-state index in [2.05, 4.69) is 11.1 Å². The molecule has 0 amide bonds. The highest BCUT2D eigenvalue weighted by Crippen LogP contribution is 2.25. The van der Waals surface area contributed by atoms with Crippen molar-refractivity contribution >= 4 is 11.5 Å². The van der Waals surface area contributed by atoms with Gasteiger partial charge >= 0.3 is 5.69 Å². The monoisotopic (exact) mass is 234 g/mol. The lowest BCUT2D eigenvalue weighted by molar-refractivity contribution is -0.384. The van der Waals surface area contributed by atoms with Gasteiger partial charge in [-0.15, -0.1) is 0 Å². The standard InChI is InChI=1S/C11H14N4O2/c1-3-14(8-9(2)7-12)11-10(15(16)17)5-4-6-13-11/h4-6,9H,3,8H2,1-2H3. The molecule has 0 fully saturated rings. The molecule has 0 saturated carbocycles. The summed E-state index contributed by atoms with van der Waals surface area (Å²) in [7, 11) is 0. The van der Waals surface area contributed by atoms with Crippen molar-refractivity contribution in [2.24, 2.45) is 5.92 Å². The van der Waals surface area contributed by atoms with Crippen molar-refractivity contribution in [3.05, 3.63) is 28.4 Å². The van der Waals surface area contributed by atoms with Gasteiger partial charge in [-0.1, -0.05) is 0 Å². The van der Waals surface area contributed by atoms with Crippen molar-refractivity contribution < 1.29 is 4.92 Å². The van der Waals surface area contributed by atoms with Crippen LogP contribution >= 0.6 is 0 Å². The zero-order valence-corrected chi connectivity index (χ0v) is 9.83. The number of nitro groups is 1. The lowest BCUT2D eigenvalue weighted by Gasteiger charge is -2.22. The van der Waals surface area contributed by atoms with Gasteiger partial charge in [0.2, 0.25) is 5.82 Å². The summed E-state index contributed by atoms with van der Waals surface area (Å²) in [6.45, 7) is 4.66. The molecule has 6 heteroatoms. The summed E-state index contributed by atoms with van der Waals surface area (Å²) in [5.41, 5.74) is -0.0283. The Labute approximate surface area is 99.6 Å². The Hall–Kier alpha value is -2.16. The summed E-state index contributed by atoms with van der Waals surface area (Å²) in [4.78, 5) is 16.2. The topological polar surface area (TPSA) is 83.1 Å². The van der Waals surface area contributed by atoms with Crippen LogP contribution in [-0.2, 0) is 0 Å². The number of nitriles is 1. The van der Waals surface area contributed by atoms with Crippen LogP contribution in [0.25, 0.3) is 0 Å². The minimum atomic E-state index is -0.456. The van der Waals surface area contributed by atoms with Gasteiger partial charge in [-0.05, 0) is 19.9 Å². The van der Waals surface area contributed by atoms with Crippen LogP contribution in [0.3, 0.4) is 0 Å². The molecule has 0 bridgehead atoms. The number of hydrogen-bond acceptors (Lipinski definition) is 5. The van der Waals surface area contributed by atoms with Crippen molar-refractivity contribution in [2.75, 3.05) is 18.0 Å². The first-order valence-electron chi connectivity index (χ1n) is 5.34. The fraction of sp³-hybridized carbons (Fsp3) is 0.455. The molecule has 1 unspecified atom stereocenters. The van der Waals surface area contributed by atoms with Gasteiger partial charge < -0.3 is 4.90 Å². The van der Waals surface area contributed by atoms with E-state index in [0.717, 1.165) is 0 Å². The molecule has 1 heterocycles. The van der Waals surface area contributed by atoms with Crippen LogP contribution in [0.1, 0.15) is 13.8 Å². The highest BCUT2D eigenvalue weighted by molar-refractivity contribution is 5.57. The molecule has 0 aromatic carbocycles. The molecule has 0 aliphatic carbocycles. The fourth-order valence-electron chi connectivity index (χ4n) is 1.51. The summed E-state index contributed by atoms with van der Waals surface area (Å²) < 4.78 is 0. The molecule has 0 radical (unpaired) electrons. The second-order valence-electron chi connectivity index (χ2n) is 3.67. The maximum Gasteiger partial charge on any atom is 0.311 e. The second kappa shape index (κ2) is 5.80. The highest BCUT2D eigenvalue weighted by atomic mass is 16.6. The van der Waals surface area contributed by atoms with E-state index in [4.69, 9.17) is 5.26 Å². The Bertz CT molecular complexity index is 441. The van der Waals surface area contributed by atoms with Gasteiger partial charge in [0.05, 0.1) is 16.9 Å². The molecular weight excluding hydrogens is 220 g/mol. The Morgan fingerprint density at radius 3 is 2.94 bits per heavy atom. The molecule has 0 N–H and O–H groups in total. The summed E-state index contributed by atoms with van der Waals surface area (Å²) >= 11 is 0. The third-order valence-electron chi connectivity index (χ3n) is 2.36. The number of anilines is 1. The normalized spacial score (nSPS) is 11.6.